The molecule has 34 heavy (non-hydrogen) atoms. The lowest BCUT2D eigenvalue weighted by molar-refractivity contribution is -0.144. The van der Waals surface area contributed by atoms with Gasteiger partial charge in [-0.2, -0.15) is 13.2 Å². The van der Waals surface area contributed by atoms with Crippen LogP contribution in [0.5, 0.6) is 5.75 Å². The summed E-state index contributed by atoms with van der Waals surface area (Å²) in [5.41, 5.74) is 1.90. The number of ether oxygens (including phenoxy) is 1. The molecule has 1 saturated heterocycles. The number of rotatable bonds is 7. The van der Waals surface area contributed by atoms with Crippen LogP contribution in [0.2, 0.25) is 0 Å². The van der Waals surface area contributed by atoms with Crippen molar-refractivity contribution in [3.8, 4) is 5.75 Å². The van der Waals surface area contributed by atoms with E-state index < -0.39 is 23.6 Å². The maximum atomic E-state index is 13.1. The van der Waals surface area contributed by atoms with Crippen LogP contribution in [0.25, 0.3) is 0 Å². The molecule has 0 aromatic heterocycles. The Hall–Kier alpha value is -3.32. The second kappa shape index (κ2) is 10.3. The Morgan fingerprint density at radius 1 is 0.971 bits per heavy atom. The van der Waals surface area contributed by atoms with Crippen LogP contribution in [0, 0.1) is 5.92 Å². The third-order valence-corrected chi connectivity index (χ3v) is 6.17. The van der Waals surface area contributed by atoms with Crippen LogP contribution in [0.4, 0.5) is 13.2 Å². The lowest BCUT2D eigenvalue weighted by atomic mass is 9.91. The van der Waals surface area contributed by atoms with Gasteiger partial charge in [-0.25, -0.2) is 0 Å². The van der Waals surface area contributed by atoms with Gasteiger partial charge in [0.2, 0.25) is 0 Å². The number of nitrogens with zero attached hydrogens (tertiary/aromatic N) is 1. The summed E-state index contributed by atoms with van der Waals surface area (Å²) in [5.74, 6) is -0.666. The normalized spacial score (nSPS) is 17.8. The molecule has 178 valence electrons. The van der Waals surface area contributed by atoms with Crippen molar-refractivity contribution in [2.75, 3.05) is 13.1 Å². The fourth-order valence-corrected chi connectivity index (χ4v) is 4.40. The number of aliphatic carboxylic acids is 1. The molecule has 0 spiro atoms. The summed E-state index contributed by atoms with van der Waals surface area (Å²) >= 11 is 0. The van der Waals surface area contributed by atoms with E-state index in [9.17, 15) is 23.1 Å². The molecule has 2 unspecified atom stereocenters. The molecule has 1 fully saturated rings. The molecule has 1 heterocycles. The summed E-state index contributed by atoms with van der Waals surface area (Å²) in [6.45, 7) is 1.43. The Labute approximate surface area is 196 Å². The highest BCUT2D eigenvalue weighted by atomic mass is 19.4. The number of likely N-dealkylation sites (tertiary alicyclic amines) is 1. The topological polar surface area (TPSA) is 49.8 Å². The zero-order valence-corrected chi connectivity index (χ0v) is 18.5. The summed E-state index contributed by atoms with van der Waals surface area (Å²) in [4.78, 5) is 13.7. The zero-order valence-electron chi connectivity index (χ0n) is 18.5. The summed E-state index contributed by atoms with van der Waals surface area (Å²) < 4.78 is 45.1. The second-order valence-electron chi connectivity index (χ2n) is 8.54. The molecular weight excluding hydrogens is 443 g/mol. The molecule has 4 nitrogen and oxygen atoms in total. The van der Waals surface area contributed by atoms with Gasteiger partial charge in [0.05, 0.1) is 17.5 Å². The van der Waals surface area contributed by atoms with Crippen molar-refractivity contribution in [2.45, 2.75) is 31.7 Å². The first kappa shape index (κ1) is 23.8. The van der Waals surface area contributed by atoms with Gasteiger partial charge in [0.25, 0.3) is 0 Å². The summed E-state index contributed by atoms with van der Waals surface area (Å²) in [5, 5.41) is 9.53. The number of halogens is 3. The van der Waals surface area contributed by atoms with Gasteiger partial charge in [0.15, 0.2) is 0 Å². The molecule has 0 aliphatic carbocycles. The van der Waals surface area contributed by atoms with Crippen LogP contribution in [0.1, 0.15) is 41.1 Å². The average molecular weight is 470 g/mol. The first-order chi connectivity index (χ1) is 16.3. The largest absolute Gasteiger partial charge is 0.489 e. The number of benzene rings is 3. The van der Waals surface area contributed by atoms with Gasteiger partial charge in [-0.05, 0) is 60.3 Å². The Kier molecular flexibility index (Phi) is 7.22. The van der Waals surface area contributed by atoms with E-state index >= 15 is 0 Å². The predicted octanol–water partition coefficient (Wildman–Crippen LogP) is 6.17. The quantitative estimate of drug-likeness (QED) is 0.450. The van der Waals surface area contributed by atoms with E-state index in [0.717, 1.165) is 23.3 Å². The summed E-state index contributed by atoms with van der Waals surface area (Å²) in [7, 11) is 0. The third-order valence-electron chi connectivity index (χ3n) is 6.17. The van der Waals surface area contributed by atoms with Crippen molar-refractivity contribution in [2.24, 2.45) is 5.92 Å². The van der Waals surface area contributed by atoms with Crippen LogP contribution in [-0.4, -0.2) is 29.1 Å². The number of alkyl halides is 3. The minimum absolute atomic E-state index is 0.341. The number of hydrogen-bond acceptors (Lipinski definition) is 3. The second-order valence-corrected chi connectivity index (χ2v) is 8.54. The minimum Gasteiger partial charge on any atom is -0.489 e. The SMILES string of the molecule is O=C(O)C1CCCN(C(c2ccc(OCc3ccccc3)cc2)c2ccc(C(F)(F)F)cc2)C1. The van der Waals surface area contributed by atoms with Gasteiger partial charge >= 0.3 is 12.1 Å². The molecule has 0 amide bonds. The number of hydrogen-bond donors (Lipinski definition) is 1. The van der Waals surface area contributed by atoms with E-state index in [1.54, 1.807) is 0 Å². The molecule has 0 bridgehead atoms. The van der Waals surface area contributed by atoms with Crippen LogP contribution in [-0.2, 0) is 17.6 Å². The molecule has 0 saturated carbocycles. The van der Waals surface area contributed by atoms with E-state index in [2.05, 4.69) is 0 Å². The molecule has 1 aliphatic heterocycles. The van der Waals surface area contributed by atoms with E-state index in [0.29, 0.717) is 43.9 Å². The number of piperidine rings is 1. The molecule has 7 heteroatoms. The maximum Gasteiger partial charge on any atom is 0.416 e. The number of carbonyl (C=O) groups is 1. The van der Waals surface area contributed by atoms with Crippen molar-refractivity contribution in [1.29, 1.82) is 0 Å². The Morgan fingerprint density at radius 3 is 2.18 bits per heavy atom. The molecule has 3 aromatic carbocycles. The van der Waals surface area contributed by atoms with Gasteiger partial charge in [-0.1, -0.05) is 54.6 Å². The first-order valence-electron chi connectivity index (χ1n) is 11.2. The molecule has 2 atom stereocenters. The number of carboxylic acids is 1. The van der Waals surface area contributed by atoms with E-state index in [1.807, 2.05) is 59.5 Å². The van der Waals surface area contributed by atoms with E-state index in [-0.39, 0.29) is 6.04 Å². The summed E-state index contributed by atoms with van der Waals surface area (Å²) in [6.07, 6.45) is -3.10. The first-order valence-corrected chi connectivity index (χ1v) is 11.2. The zero-order chi connectivity index (χ0) is 24.1. The van der Waals surface area contributed by atoms with Crippen molar-refractivity contribution < 1.29 is 27.8 Å². The van der Waals surface area contributed by atoms with Gasteiger partial charge < -0.3 is 9.84 Å². The van der Waals surface area contributed by atoms with Crippen LogP contribution in [0.15, 0.2) is 78.9 Å². The van der Waals surface area contributed by atoms with Crippen molar-refractivity contribution in [1.82, 2.24) is 4.90 Å². The van der Waals surface area contributed by atoms with E-state index in [4.69, 9.17) is 4.74 Å². The number of carboxylic acid groups (broad SMARTS) is 1. The standard InChI is InChI=1S/C27H26F3NO3/c28-27(29,30)23-12-8-20(9-13-23)25(31-16-4-7-22(17-31)26(32)33)21-10-14-24(15-11-21)34-18-19-5-2-1-3-6-19/h1-3,5-6,8-15,22,25H,4,7,16-18H2,(H,32,33). The van der Waals surface area contributed by atoms with E-state index in [1.165, 1.54) is 12.1 Å². The molecule has 1 aliphatic rings. The molecule has 4 rings (SSSR count). The third kappa shape index (κ3) is 5.78. The molecular formula is C27H26F3NO3. The van der Waals surface area contributed by atoms with Gasteiger partial charge in [-0.3, -0.25) is 9.69 Å². The summed E-state index contributed by atoms with van der Waals surface area (Å²) in [6, 6.07) is 22.0. The van der Waals surface area contributed by atoms with Crippen LogP contribution in [0.3, 0.4) is 0 Å². The molecule has 3 aromatic rings. The lowest BCUT2D eigenvalue weighted by Gasteiger charge is -2.37. The highest BCUT2D eigenvalue weighted by Crippen LogP contribution is 2.36. The van der Waals surface area contributed by atoms with Gasteiger partial charge in [-0.15, -0.1) is 0 Å². The molecule has 0 radical (unpaired) electrons. The van der Waals surface area contributed by atoms with Gasteiger partial charge in [0, 0.05) is 6.54 Å². The highest BCUT2D eigenvalue weighted by molar-refractivity contribution is 5.70. The average Bonchev–Trinajstić information content (AvgIpc) is 2.84. The van der Waals surface area contributed by atoms with Crippen molar-refractivity contribution in [3.63, 3.8) is 0 Å². The Morgan fingerprint density at radius 2 is 1.59 bits per heavy atom. The smallest absolute Gasteiger partial charge is 0.416 e. The fourth-order valence-electron chi connectivity index (χ4n) is 4.40. The monoisotopic (exact) mass is 469 g/mol. The van der Waals surface area contributed by atoms with Crippen LogP contribution < -0.4 is 4.74 Å². The van der Waals surface area contributed by atoms with Crippen molar-refractivity contribution >= 4 is 5.97 Å². The van der Waals surface area contributed by atoms with Crippen molar-refractivity contribution in [3.05, 3.63) is 101 Å². The van der Waals surface area contributed by atoms with Gasteiger partial charge in [0.1, 0.15) is 12.4 Å². The fraction of sp³-hybridized carbons (Fsp3) is 0.296. The maximum absolute atomic E-state index is 13.1. The Balaban J connectivity index is 1.59. The predicted molar refractivity (Wildman–Crippen MR) is 122 cm³/mol. The minimum atomic E-state index is -4.41. The molecule has 1 N–H and O–H groups in total. The Bertz CT molecular complexity index is 1080. The highest BCUT2D eigenvalue weighted by Gasteiger charge is 2.33. The lowest BCUT2D eigenvalue weighted by Crippen LogP contribution is -2.41. The van der Waals surface area contributed by atoms with Crippen LogP contribution >= 0.6 is 0 Å².